The molecule has 0 unspecified atom stereocenters. The summed E-state index contributed by atoms with van der Waals surface area (Å²) in [5.41, 5.74) is 0. The Hall–Kier alpha value is -1.10. The lowest BCUT2D eigenvalue weighted by Gasteiger charge is -2.17. The molecule has 0 radical (unpaired) electrons. The molecule has 92 valence electrons. The predicted octanol–water partition coefficient (Wildman–Crippen LogP) is 0.00750. The Morgan fingerprint density at radius 3 is 2.69 bits per heavy atom. The van der Waals surface area contributed by atoms with Crippen LogP contribution >= 0.6 is 0 Å². The van der Waals surface area contributed by atoms with Crippen molar-refractivity contribution in [3.05, 3.63) is 0 Å². The maximum atomic E-state index is 11.6. The third kappa shape index (κ3) is 4.61. The first-order valence-electron chi connectivity index (χ1n) is 5.65. The quantitative estimate of drug-likeness (QED) is 0.624. The van der Waals surface area contributed by atoms with Gasteiger partial charge in [-0.3, -0.25) is 9.59 Å². The number of carbonyl (C=O) groups excluding carboxylic acids is 2. The molecular weight excluding hydrogens is 208 g/mol. The number of likely N-dealkylation sites (N-methyl/N-ethyl adjacent to an activating group) is 1. The fraction of sp³-hybridized carbons (Fsp3) is 0.818. The van der Waals surface area contributed by atoms with Crippen LogP contribution in [-0.2, 0) is 14.3 Å². The van der Waals surface area contributed by atoms with Crippen molar-refractivity contribution in [3.8, 4) is 0 Å². The number of hydrogen-bond acceptors (Lipinski definition) is 3. The molecule has 0 aromatic rings. The van der Waals surface area contributed by atoms with Crippen LogP contribution in [0.5, 0.6) is 0 Å². The maximum absolute atomic E-state index is 11.6. The molecule has 0 aromatic carbocycles. The minimum atomic E-state index is -0.0508. The van der Waals surface area contributed by atoms with Crippen LogP contribution in [0.3, 0.4) is 0 Å². The number of methoxy groups -OCH3 is 1. The van der Waals surface area contributed by atoms with Crippen molar-refractivity contribution >= 4 is 11.8 Å². The lowest BCUT2D eigenvalue weighted by atomic mass is 10.3. The van der Waals surface area contributed by atoms with Gasteiger partial charge in [0.1, 0.15) is 0 Å². The first kappa shape index (κ1) is 13.0. The Bertz CT molecular complexity index is 252. The van der Waals surface area contributed by atoms with Gasteiger partial charge in [-0.25, -0.2) is 0 Å². The summed E-state index contributed by atoms with van der Waals surface area (Å²) < 4.78 is 4.90. The number of ether oxygens (including phenoxy) is 1. The number of rotatable bonds is 7. The van der Waals surface area contributed by atoms with E-state index in [1.807, 2.05) is 0 Å². The van der Waals surface area contributed by atoms with Crippen molar-refractivity contribution in [2.24, 2.45) is 5.92 Å². The van der Waals surface area contributed by atoms with Gasteiger partial charge in [0.2, 0.25) is 11.8 Å². The zero-order valence-electron chi connectivity index (χ0n) is 9.99. The molecule has 1 aliphatic carbocycles. The third-order valence-electron chi connectivity index (χ3n) is 2.63. The zero-order chi connectivity index (χ0) is 12.0. The van der Waals surface area contributed by atoms with Gasteiger partial charge in [0, 0.05) is 33.2 Å². The van der Waals surface area contributed by atoms with Crippen LogP contribution in [0.1, 0.15) is 19.3 Å². The van der Waals surface area contributed by atoms with Gasteiger partial charge >= 0.3 is 0 Å². The van der Waals surface area contributed by atoms with E-state index in [1.54, 1.807) is 19.1 Å². The molecule has 0 saturated heterocycles. The van der Waals surface area contributed by atoms with Crippen LogP contribution in [0.2, 0.25) is 0 Å². The molecule has 2 amide bonds. The molecule has 0 spiro atoms. The maximum Gasteiger partial charge on any atom is 0.241 e. The van der Waals surface area contributed by atoms with Crippen LogP contribution in [0.25, 0.3) is 0 Å². The normalized spacial score (nSPS) is 14.6. The van der Waals surface area contributed by atoms with Crippen molar-refractivity contribution in [3.63, 3.8) is 0 Å². The van der Waals surface area contributed by atoms with Crippen LogP contribution in [-0.4, -0.2) is 50.6 Å². The van der Waals surface area contributed by atoms with Crippen molar-refractivity contribution in [1.29, 1.82) is 0 Å². The summed E-state index contributed by atoms with van der Waals surface area (Å²) in [4.78, 5) is 24.5. The average Bonchev–Trinajstić information content (AvgIpc) is 3.09. The highest BCUT2D eigenvalue weighted by molar-refractivity contribution is 5.86. The summed E-state index contributed by atoms with van der Waals surface area (Å²) in [7, 11) is 3.37. The number of nitrogens with zero attached hydrogens (tertiary/aromatic N) is 1. The molecule has 1 fully saturated rings. The summed E-state index contributed by atoms with van der Waals surface area (Å²) in [6.45, 7) is 1.41. The molecule has 0 bridgehead atoms. The first-order valence-corrected chi connectivity index (χ1v) is 5.65. The SMILES string of the molecule is COCCCN(C)C(=O)CNC(=O)C1CC1. The fourth-order valence-corrected chi connectivity index (χ4v) is 1.36. The van der Waals surface area contributed by atoms with Crippen molar-refractivity contribution in [1.82, 2.24) is 10.2 Å². The highest BCUT2D eigenvalue weighted by Crippen LogP contribution is 2.28. The van der Waals surface area contributed by atoms with Crippen molar-refractivity contribution in [2.75, 3.05) is 33.9 Å². The van der Waals surface area contributed by atoms with E-state index in [9.17, 15) is 9.59 Å². The lowest BCUT2D eigenvalue weighted by Crippen LogP contribution is -2.39. The molecule has 1 rings (SSSR count). The predicted molar refractivity (Wildman–Crippen MR) is 59.9 cm³/mol. The van der Waals surface area contributed by atoms with E-state index >= 15 is 0 Å². The van der Waals surface area contributed by atoms with Crippen LogP contribution < -0.4 is 5.32 Å². The first-order chi connectivity index (χ1) is 7.65. The fourth-order valence-electron chi connectivity index (χ4n) is 1.36. The minimum absolute atomic E-state index is 0.0126. The molecular formula is C11H20N2O3. The minimum Gasteiger partial charge on any atom is -0.385 e. The monoisotopic (exact) mass is 228 g/mol. The molecule has 1 N–H and O–H groups in total. The van der Waals surface area contributed by atoms with Gasteiger partial charge in [-0.1, -0.05) is 0 Å². The Labute approximate surface area is 96.1 Å². The second-order valence-electron chi connectivity index (χ2n) is 4.15. The number of hydrogen-bond donors (Lipinski definition) is 1. The summed E-state index contributed by atoms with van der Waals surface area (Å²) in [5.74, 6) is 0.121. The topological polar surface area (TPSA) is 58.6 Å². The molecule has 1 aliphatic rings. The second kappa shape index (κ2) is 6.48. The Morgan fingerprint density at radius 2 is 2.12 bits per heavy atom. The summed E-state index contributed by atoms with van der Waals surface area (Å²) in [5, 5.41) is 2.65. The van der Waals surface area contributed by atoms with Gasteiger partial charge in [0.25, 0.3) is 0 Å². The van der Waals surface area contributed by atoms with Gasteiger partial charge in [-0.15, -0.1) is 0 Å². The number of carbonyl (C=O) groups is 2. The third-order valence-corrected chi connectivity index (χ3v) is 2.63. The Morgan fingerprint density at radius 1 is 1.44 bits per heavy atom. The highest BCUT2D eigenvalue weighted by atomic mass is 16.5. The van der Waals surface area contributed by atoms with Crippen molar-refractivity contribution in [2.45, 2.75) is 19.3 Å². The van der Waals surface area contributed by atoms with E-state index in [4.69, 9.17) is 4.74 Å². The molecule has 5 nitrogen and oxygen atoms in total. The average molecular weight is 228 g/mol. The number of nitrogens with one attached hydrogen (secondary N) is 1. The van der Waals surface area contributed by atoms with Crippen molar-refractivity contribution < 1.29 is 14.3 Å². The highest BCUT2D eigenvalue weighted by Gasteiger charge is 2.29. The van der Waals surface area contributed by atoms with E-state index in [1.165, 1.54) is 0 Å². The largest absolute Gasteiger partial charge is 0.385 e. The molecule has 5 heteroatoms. The van der Waals surface area contributed by atoms with Gasteiger partial charge in [-0.05, 0) is 19.3 Å². The zero-order valence-corrected chi connectivity index (χ0v) is 9.99. The summed E-state index contributed by atoms with van der Waals surface area (Å²) in [6, 6.07) is 0. The smallest absolute Gasteiger partial charge is 0.241 e. The van der Waals surface area contributed by atoms with E-state index in [2.05, 4.69) is 5.32 Å². The molecule has 16 heavy (non-hydrogen) atoms. The van der Waals surface area contributed by atoms with E-state index in [-0.39, 0.29) is 24.3 Å². The van der Waals surface area contributed by atoms with E-state index < -0.39 is 0 Å². The summed E-state index contributed by atoms with van der Waals surface area (Å²) in [6.07, 6.45) is 2.74. The molecule has 0 aromatic heterocycles. The van der Waals surface area contributed by atoms with Gasteiger partial charge in [0.15, 0.2) is 0 Å². The standard InChI is InChI=1S/C11H20N2O3/c1-13(6-3-7-16-2)10(14)8-12-11(15)9-4-5-9/h9H,3-8H2,1-2H3,(H,12,15). The van der Waals surface area contributed by atoms with Crippen LogP contribution in [0.4, 0.5) is 0 Å². The molecule has 0 atom stereocenters. The summed E-state index contributed by atoms with van der Waals surface area (Å²) >= 11 is 0. The molecule has 1 saturated carbocycles. The second-order valence-corrected chi connectivity index (χ2v) is 4.15. The Kier molecular flexibility index (Phi) is 5.25. The Balaban J connectivity index is 2.10. The lowest BCUT2D eigenvalue weighted by molar-refractivity contribution is -0.132. The van der Waals surface area contributed by atoms with Gasteiger partial charge in [0.05, 0.1) is 6.54 Å². The van der Waals surface area contributed by atoms with E-state index in [0.717, 1.165) is 19.3 Å². The van der Waals surface area contributed by atoms with E-state index in [0.29, 0.717) is 13.2 Å². The van der Waals surface area contributed by atoms with Crippen LogP contribution in [0, 0.1) is 5.92 Å². The van der Waals surface area contributed by atoms with Crippen LogP contribution in [0.15, 0.2) is 0 Å². The molecule has 0 aliphatic heterocycles. The van der Waals surface area contributed by atoms with Gasteiger partial charge < -0.3 is 15.0 Å². The number of amides is 2. The van der Waals surface area contributed by atoms with Gasteiger partial charge in [-0.2, -0.15) is 0 Å². The molecule has 0 heterocycles.